The molecule has 3 N–H and O–H groups in total. The van der Waals surface area contributed by atoms with Gasteiger partial charge in [-0.25, -0.2) is 0 Å². The van der Waals surface area contributed by atoms with Gasteiger partial charge in [-0.2, -0.15) is 0 Å². The molecule has 0 saturated heterocycles. The third-order valence-corrected chi connectivity index (χ3v) is 4.81. The lowest BCUT2D eigenvalue weighted by molar-refractivity contribution is -0.152. The molecule has 0 radical (unpaired) electrons. The quantitative estimate of drug-likeness (QED) is 0.580. The summed E-state index contributed by atoms with van der Waals surface area (Å²) in [5.74, 6) is -1.47. The van der Waals surface area contributed by atoms with Crippen LogP contribution in [0.15, 0.2) is 41.9 Å². The third kappa shape index (κ3) is 5.91. The van der Waals surface area contributed by atoms with Crippen molar-refractivity contribution in [2.24, 2.45) is 0 Å². The Morgan fingerprint density at radius 3 is 2.65 bits per heavy atom. The number of hydrogen-bond donors (Lipinski definition) is 3. The lowest BCUT2D eigenvalue weighted by atomic mass is 10.1. The number of pyridine rings is 1. The van der Waals surface area contributed by atoms with Crippen molar-refractivity contribution in [3.8, 4) is 0 Å². The Morgan fingerprint density at radius 2 is 2.00 bits per heavy atom. The summed E-state index contributed by atoms with van der Waals surface area (Å²) in [6.07, 6.45) is -0.798. The van der Waals surface area contributed by atoms with Gasteiger partial charge in [0.1, 0.15) is 0 Å². The number of nitrogens with zero attached hydrogens (tertiary/aromatic N) is 2. The van der Waals surface area contributed by atoms with Gasteiger partial charge >= 0.3 is 0 Å². The number of aromatic nitrogens is 1. The van der Waals surface area contributed by atoms with Crippen LogP contribution in [0.1, 0.15) is 10.6 Å². The number of aliphatic hydroxyl groups excluding tert-OH is 2. The first-order valence-corrected chi connectivity index (χ1v) is 9.18. The normalized spacial score (nSPS) is 13.0. The van der Waals surface area contributed by atoms with Crippen LogP contribution in [0.4, 0.5) is 0 Å². The number of thiophene rings is 1. The second-order valence-corrected chi connectivity index (χ2v) is 6.87. The Balaban J connectivity index is 1.76. The van der Waals surface area contributed by atoms with E-state index < -0.39 is 24.0 Å². The molecule has 7 nitrogen and oxygen atoms in total. The summed E-state index contributed by atoms with van der Waals surface area (Å²) in [6.45, 7) is 0.645. The van der Waals surface area contributed by atoms with Crippen molar-refractivity contribution in [1.82, 2.24) is 15.2 Å². The van der Waals surface area contributed by atoms with Gasteiger partial charge in [-0.05, 0) is 30.0 Å². The predicted molar refractivity (Wildman–Crippen MR) is 98.6 cm³/mol. The van der Waals surface area contributed by atoms with Gasteiger partial charge in [-0.15, -0.1) is 11.3 Å². The van der Waals surface area contributed by atoms with Crippen LogP contribution in [0.2, 0.25) is 0 Å². The molecule has 2 aromatic rings. The number of amides is 2. The van der Waals surface area contributed by atoms with E-state index in [1.165, 1.54) is 11.9 Å². The molecule has 2 aromatic heterocycles. The van der Waals surface area contributed by atoms with E-state index in [4.69, 9.17) is 0 Å². The van der Waals surface area contributed by atoms with Gasteiger partial charge in [-0.1, -0.05) is 12.1 Å². The maximum atomic E-state index is 12.2. The molecule has 26 heavy (non-hydrogen) atoms. The van der Waals surface area contributed by atoms with Crippen LogP contribution in [0.3, 0.4) is 0 Å². The minimum atomic E-state index is -1.80. The maximum Gasteiger partial charge on any atom is 0.254 e. The van der Waals surface area contributed by atoms with Crippen molar-refractivity contribution in [2.45, 2.75) is 25.0 Å². The summed E-state index contributed by atoms with van der Waals surface area (Å²) < 4.78 is 0. The fourth-order valence-electron chi connectivity index (χ4n) is 2.31. The van der Waals surface area contributed by atoms with Crippen molar-refractivity contribution in [3.05, 3.63) is 52.5 Å². The average molecular weight is 377 g/mol. The van der Waals surface area contributed by atoms with Gasteiger partial charge in [-0.3, -0.25) is 14.6 Å². The molecule has 0 aliphatic carbocycles. The van der Waals surface area contributed by atoms with Crippen LogP contribution in [0, 0.1) is 0 Å². The molecule has 0 unspecified atom stereocenters. The third-order valence-electron chi connectivity index (χ3n) is 3.88. The summed E-state index contributed by atoms with van der Waals surface area (Å²) in [7, 11) is 1.51. The standard InChI is InChI=1S/C18H23N3O4S/c1-21(11-8-13-5-2-3-9-19-13)18(25)16(23)15(22)17(24)20-10-7-14-6-4-12-26-14/h2-6,9,12,15-16,22-23H,7-8,10-11H2,1H3,(H,20,24)/t15-,16-/m1/s1. The Morgan fingerprint density at radius 1 is 1.19 bits per heavy atom. The molecule has 0 bridgehead atoms. The minimum Gasteiger partial charge on any atom is -0.380 e. The molecule has 2 rings (SSSR count). The number of aliphatic hydroxyl groups is 2. The molecule has 2 atom stereocenters. The molecule has 0 aliphatic rings. The van der Waals surface area contributed by atoms with E-state index in [-0.39, 0.29) is 0 Å². The van der Waals surface area contributed by atoms with Crippen molar-refractivity contribution >= 4 is 23.2 Å². The van der Waals surface area contributed by atoms with E-state index in [0.29, 0.717) is 25.9 Å². The fraction of sp³-hybridized carbons (Fsp3) is 0.389. The highest BCUT2D eigenvalue weighted by atomic mass is 32.1. The van der Waals surface area contributed by atoms with Gasteiger partial charge in [0.25, 0.3) is 11.8 Å². The van der Waals surface area contributed by atoms with Crippen LogP contribution < -0.4 is 5.32 Å². The number of likely N-dealkylation sites (N-methyl/N-ethyl adjacent to an activating group) is 1. The zero-order valence-corrected chi connectivity index (χ0v) is 15.4. The van der Waals surface area contributed by atoms with Gasteiger partial charge in [0.05, 0.1) is 0 Å². The first kappa shape index (κ1) is 20.0. The first-order chi connectivity index (χ1) is 12.5. The largest absolute Gasteiger partial charge is 0.380 e. The molecule has 140 valence electrons. The summed E-state index contributed by atoms with van der Waals surface area (Å²) >= 11 is 1.57. The molecule has 0 fully saturated rings. The number of rotatable bonds is 9. The molecular weight excluding hydrogens is 354 g/mol. The van der Waals surface area contributed by atoms with Crippen molar-refractivity contribution in [1.29, 1.82) is 0 Å². The smallest absolute Gasteiger partial charge is 0.254 e. The molecule has 0 aliphatic heterocycles. The second kappa shape index (κ2) is 10.0. The lowest BCUT2D eigenvalue weighted by Gasteiger charge is -2.23. The molecule has 0 aromatic carbocycles. The predicted octanol–water partition coefficient (Wildman–Crippen LogP) is 0.225. The summed E-state index contributed by atoms with van der Waals surface area (Å²) in [5.41, 5.74) is 0.813. The number of nitrogens with one attached hydrogen (secondary N) is 1. The molecule has 2 amide bonds. The molecule has 2 heterocycles. The zero-order chi connectivity index (χ0) is 18.9. The van der Waals surface area contributed by atoms with E-state index in [2.05, 4.69) is 10.3 Å². The molecule has 0 saturated carbocycles. The van der Waals surface area contributed by atoms with Crippen LogP contribution in [-0.4, -0.2) is 64.3 Å². The Bertz CT molecular complexity index is 694. The first-order valence-electron chi connectivity index (χ1n) is 8.30. The van der Waals surface area contributed by atoms with Gasteiger partial charge in [0, 0.05) is 43.3 Å². The Labute approximate surface area is 156 Å². The number of hydrogen-bond acceptors (Lipinski definition) is 6. The minimum absolute atomic E-state index is 0.319. The monoisotopic (exact) mass is 377 g/mol. The van der Waals surface area contributed by atoms with E-state index in [0.717, 1.165) is 10.6 Å². The summed E-state index contributed by atoms with van der Waals surface area (Å²) in [4.78, 5) is 30.7. The van der Waals surface area contributed by atoms with E-state index >= 15 is 0 Å². The highest BCUT2D eigenvalue weighted by Crippen LogP contribution is 2.08. The van der Waals surface area contributed by atoms with Gasteiger partial charge in [0.2, 0.25) is 0 Å². The molecular formula is C18H23N3O4S. The van der Waals surface area contributed by atoms with Crippen molar-refractivity contribution in [3.63, 3.8) is 0 Å². The molecule has 0 spiro atoms. The molecule has 8 heteroatoms. The Hall–Kier alpha value is -2.29. The summed E-state index contributed by atoms with van der Waals surface area (Å²) in [5, 5.41) is 24.4. The second-order valence-electron chi connectivity index (χ2n) is 5.84. The lowest BCUT2D eigenvalue weighted by Crippen LogP contribution is -2.50. The van der Waals surface area contributed by atoms with Gasteiger partial charge in [0.15, 0.2) is 12.2 Å². The van der Waals surface area contributed by atoms with Crippen LogP contribution in [0.5, 0.6) is 0 Å². The highest BCUT2D eigenvalue weighted by molar-refractivity contribution is 7.09. The van der Waals surface area contributed by atoms with Crippen molar-refractivity contribution < 1.29 is 19.8 Å². The van der Waals surface area contributed by atoms with Crippen LogP contribution in [-0.2, 0) is 22.4 Å². The fourth-order valence-corrected chi connectivity index (χ4v) is 3.02. The van der Waals surface area contributed by atoms with Crippen LogP contribution >= 0.6 is 11.3 Å². The van der Waals surface area contributed by atoms with Crippen LogP contribution in [0.25, 0.3) is 0 Å². The number of carbonyl (C=O) groups is 2. The highest BCUT2D eigenvalue weighted by Gasteiger charge is 2.31. The summed E-state index contributed by atoms with van der Waals surface area (Å²) in [6, 6.07) is 9.35. The SMILES string of the molecule is CN(CCc1ccccn1)C(=O)[C@H](O)[C@@H](O)C(=O)NCCc1cccs1. The van der Waals surface area contributed by atoms with E-state index in [1.54, 1.807) is 23.6 Å². The van der Waals surface area contributed by atoms with Crippen molar-refractivity contribution in [2.75, 3.05) is 20.1 Å². The zero-order valence-electron chi connectivity index (χ0n) is 14.5. The maximum absolute atomic E-state index is 12.2. The van der Waals surface area contributed by atoms with E-state index in [9.17, 15) is 19.8 Å². The Kier molecular flexibility index (Phi) is 7.71. The van der Waals surface area contributed by atoms with Gasteiger partial charge < -0.3 is 20.4 Å². The van der Waals surface area contributed by atoms with E-state index in [1.807, 2.05) is 29.6 Å². The topological polar surface area (TPSA) is 103 Å². The average Bonchev–Trinajstić information content (AvgIpc) is 3.18. The number of carbonyl (C=O) groups excluding carboxylic acids is 2.